The van der Waals surface area contributed by atoms with Crippen molar-refractivity contribution >= 4 is 17.2 Å². The number of nitrogens with zero attached hydrogens (tertiary/aromatic N) is 3. The van der Waals surface area contributed by atoms with Crippen molar-refractivity contribution < 1.29 is 0 Å². The summed E-state index contributed by atoms with van der Waals surface area (Å²) in [5.74, 6) is 0. The molecule has 0 unspecified atom stereocenters. The van der Waals surface area contributed by atoms with Gasteiger partial charge >= 0.3 is 0 Å². The van der Waals surface area contributed by atoms with Gasteiger partial charge in [-0.05, 0) is 79.1 Å². The lowest BCUT2D eigenvalue weighted by Crippen LogP contribution is -2.31. The number of halogens is 1. The number of aryl methyl sites for hydroxylation is 3. The van der Waals surface area contributed by atoms with Crippen LogP contribution < -0.4 is 0 Å². The zero-order valence-electron chi connectivity index (χ0n) is 17.4. The van der Waals surface area contributed by atoms with Gasteiger partial charge in [0.2, 0.25) is 0 Å². The van der Waals surface area contributed by atoms with Crippen LogP contribution in [0.15, 0.2) is 60.4 Å². The second kappa shape index (κ2) is 8.33. The maximum absolute atomic E-state index is 6.34. The predicted molar refractivity (Wildman–Crippen MR) is 123 cm³/mol. The molecule has 1 aromatic carbocycles. The molecule has 5 rings (SSSR count). The van der Waals surface area contributed by atoms with Gasteiger partial charge in [-0.25, -0.2) is 0 Å². The normalized spacial score (nSPS) is 16.7. The summed E-state index contributed by atoms with van der Waals surface area (Å²) < 4.78 is 0. The molecule has 1 fully saturated rings. The molecule has 0 amide bonds. The lowest BCUT2D eigenvalue weighted by atomic mass is 9.88. The fraction of sp³-hybridized carbons (Fsp3) is 0.308. The molecule has 0 radical (unpaired) electrons. The quantitative estimate of drug-likeness (QED) is 0.542. The average molecular weight is 416 g/mol. The van der Waals surface area contributed by atoms with Gasteiger partial charge in [0.1, 0.15) is 0 Å². The molecule has 2 aromatic heterocycles. The van der Waals surface area contributed by atoms with Crippen molar-refractivity contribution in [3.05, 3.63) is 99.1 Å². The molecule has 0 bridgehead atoms. The van der Waals surface area contributed by atoms with Crippen LogP contribution in [0.3, 0.4) is 0 Å². The van der Waals surface area contributed by atoms with Crippen molar-refractivity contribution in [2.75, 3.05) is 13.1 Å². The van der Waals surface area contributed by atoms with E-state index in [0.717, 1.165) is 56.0 Å². The molecule has 3 nitrogen and oxygen atoms in total. The summed E-state index contributed by atoms with van der Waals surface area (Å²) in [7, 11) is 0. The van der Waals surface area contributed by atoms with Crippen molar-refractivity contribution in [2.24, 2.45) is 0 Å². The van der Waals surface area contributed by atoms with Crippen LogP contribution in [0, 0.1) is 6.92 Å². The van der Waals surface area contributed by atoms with E-state index in [4.69, 9.17) is 16.6 Å². The summed E-state index contributed by atoms with van der Waals surface area (Å²) in [5.41, 5.74) is 10.5. The average Bonchev–Trinajstić information content (AvgIpc) is 2.93. The molecule has 2 aliphatic rings. The highest BCUT2D eigenvalue weighted by atomic mass is 35.5. The SMILES string of the molecule is Cc1ncccc1CN1CCC(=C2c3ccc(Cl)cc3CCc3cccnc32)CC1. The summed E-state index contributed by atoms with van der Waals surface area (Å²) in [6.45, 7) is 5.21. The van der Waals surface area contributed by atoms with Gasteiger partial charge in [-0.15, -0.1) is 0 Å². The number of aromatic nitrogens is 2. The van der Waals surface area contributed by atoms with E-state index in [1.54, 1.807) is 0 Å². The van der Waals surface area contributed by atoms with E-state index in [-0.39, 0.29) is 0 Å². The van der Waals surface area contributed by atoms with Gasteiger partial charge < -0.3 is 0 Å². The van der Waals surface area contributed by atoms with Crippen molar-refractivity contribution in [1.29, 1.82) is 0 Å². The first-order chi connectivity index (χ1) is 14.7. The zero-order chi connectivity index (χ0) is 20.5. The number of fused-ring (bicyclic) bond motifs is 2. The number of hydrogen-bond acceptors (Lipinski definition) is 3. The van der Waals surface area contributed by atoms with E-state index in [1.807, 2.05) is 24.5 Å². The molecule has 0 spiro atoms. The van der Waals surface area contributed by atoms with E-state index in [9.17, 15) is 0 Å². The highest BCUT2D eigenvalue weighted by Crippen LogP contribution is 2.38. The van der Waals surface area contributed by atoms with Gasteiger partial charge in [0, 0.05) is 48.3 Å². The van der Waals surface area contributed by atoms with Gasteiger partial charge in [-0.2, -0.15) is 0 Å². The molecular formula is C26H26ClN3. The van der Waals surface area contributed by atoms with Crippen molar-refractivity contribution in [3.8, 4) is 0 Å². The number of hydrogen-bond donors (Lipinski definition) is 0. The fourth-order valence-corrected chi connectivity index (χ4v) is 4.98. The Balaban J connectivity index is 1.48. The second-order valence-electron chi connectivity index (χ2n) is 8.32. The highest BCUT2D eigenvalue weighted by molar-refractivity contribution is 6.30. The number of benzene rings is 1. The van der Waals surface area contributed by atoms with E-state index in [1.165, 1.54) is 39.1 Å². The van der Waals surface area contributed by atoms with Crippen LogP contribution >= 0.6 is 11.6 Å². The lowest BCUT2D eigenvalue weighted by molar-refractivity contribution is 0.248. The summed E-state index contributed by atoms with van der Waals surface area (Å²) >= 11 is 6.34. The molecule has 1 aliphatic heterocycles. The Morgan fingerprint density at radius 1 is 0.900 bits per heavy atom. The smallest absolute Gasteiger partial charge is 0.0739 e. The molecule has 4 heteroatoms. The number of rotatable bonds is 2. The van der Waals surface area contributed by atoms with E-state index < -0.39 is 0 Å². The monoisotopic (exact) mass is 415 g/mol. The van der Waals surface area contributed by atoms with Gasteiger partial charge in [0.15, 0.2) is 0 Å². The molecule has 0 N–H and O–H groups in total. The third kappa shape index (κ3) is 3.80. The van der Waals surface area contributed by atoms with Crippen LogP contribution in [-0.4, -0.2) is 28.0 Å². The van der Waals surface area contributed by atoms with Crippen molar-refractivity contribution in [3.63, 3.8) is 0 Å². The Morgan fingerprint density at radius 2 is 1.67 bits per heavy atom. The molecule has 1 saturated heterocycles. The molecule has 1 aliphatic carbocycles. The van der Waals surface area contributed by atoms with Crippen LogP contribution in [0.2, 0.25) is 5.02 Å². The highest BCUT2D eigenvalue weighted by Gasteiger charge is 2.25. The molecule has 0 saturated carbocycles. The van der Waals surface area contributed by atoms with E-state index >= 15 is 0 Å². The Morgan fingerprint density at radius 3 is 2.50 bits per heavy atom. The number of pyridine rings is 2. The van der Waals surface area contributed by atoms with Crippen molar-refractivity contribution in [1.82, 2.24) is 14.9 Å². The fourth-order valence-electron chi connectivity index (χ4n) is 4.79. The first-order valence-electron chi connectivity index (χ1n) is 10.8. The van der Waals surface area contributed by atoms with Crippen LogP contribution in [0.5, 0.6) is 0 Å². The molecule has 152 valence electrons. The maximum atomic E-state index is 6.34. The molecule has 30 heavy (non-hydrogen) atoms. The minimum Gasteiger partial charge on any atom is -0.298 e. The number of piperidine rings is 1. The van der Waals surface area contributed by atoms with E-state index in [2.05, 4.69) is 47.1 Å². The molecule has 3 aromatic rings. The summed E-state index contributed by atoms with van der Waals surface area (Å²) in [6.07, 6.45) is 7.98. The van der Waals surface area contributed by atoms with Crippen LogP contribution in [-0.2, 0) is 19.4 Å². The predicted octanol–water partition coefficient (Wildman–Crippen LogP) is 5.63. The minimum atomic E-state index is 0.818. The van der Waals surface area contributed by atoms with Gasteiger partial charge in [0.05, 0.1) is 5.69 Å². The summed E-state index contributed by atoms with van der Waals surface area (Å²) in [5, 5.41) is 0.818. The Labute approximate surface area is 183 Å². The first kappa shape index (κ1) is 19.5. The molecule has 0 atom stereocenters. The zero-order valence-corrected chi connectivity index (χ0v) is 18.1. The van der Waals surface area contributed by atoms with E-state index in [0.29, 0.717) is 0 Å². The largest absolute Gasteiger partial charge is 0.298 e. The van der Waals surface area contributed by atoms with Crippen LogP contribution in [0.1, 0.15) is 46.5 Å². The van der Waals surface area contributed by atoms with Gasteiger partial charge in [0.25, 0.3) is 0 Å². The van der Waals surface area contributed by atoms with Crippen LogP contribution in [0.25, 0.3) is 5.57 Å². The van der Waals surface area contributed by atoms with Gasteiger partial charge in [-0.1, -0.05) is 35.4 Å². The topological polar surface area (TPSA) is 29.0 Å². The third-order valence-corrected chi connectivity index (χ3v) is 6.69. The van der Waals surface area contributed by atoms with Crippen molar-refractivity contribution in [2.45, 2.75) is 39.2 Å². The Bertz CT molecular complexity index is 1110. The number of likely N-dealkylation sites (tertiary alicyclic amines) is 1. The maximum Gasteiger partial charge on any atom is 0.0739 e. The van der Waals surface area contributed by atoms with Crippen LogP contribution in [0.4, 0.5) is 0 Å². The second-order valence-corrected chi connectivity index (χ2v) is 8.75. The lowest BCUT2D eigenvalue weighted by Gasteiger charge is -2.30. The Kier molecular flexibility index (Phi) is 5.41. The third-order valence-electron chi connectivity index (χ3n) is 6.45. The molecular weight excluding hydrogens is 390 g/mol. The Hall–Kier alpha value is -2.49. The molecule has 3 heterocycles. The summed E-state index contributed by atoms with van der Waals surface area (Å²) in [4.78, 5) is 11.8. The standard InChI is InChI=1S/C26H26ClN3/c1-18-22(5-3-12-28-18)17-30-14-10-19(11-15-30)25-24-9-8-23(27)16-21(24)7-6-20-4-2-13-29-26(20)25/h2-5,8-9,12-13,16H,6-7,10-11,14-15,17H2,1H3. The minimum absolute atomic E-state index is 0.818. The first-order valence-corrected chi connectivity index (χ1v) is 11.1. The van der Waals surface area contributed by atoms with Gasteiger partial charge in [-0.3, -0.25) is 14.9 Å². The summed E-state index contributed by atoms with van der Waals surface area (Å²) in [6, 6.07) is 14.9.